The fourth-order valence-corrected chi connectivity index (χ4v) is 4.69. The van der Waals surface area contributed by atoms with Crippen LogP contribution in [0, 0.1) is 17.8 Å². The normalized spacial score (nSPS) is 38.5. The van der Waals surface area contributed by atoms with E-state index in [1.165, 1.54) is 51.6 Å². The third-order valence-corrected chi connectivity index (χ3v) is 5.56. The lowest BCUT2D eigenvalue weighted by Crippen LogP contribution is -2.57. The molecule has 19 heavy (non-hydrogen) atoms. The average molecular weight is 266 g/mol. The maximum atomic E-state index is 3.61. The van der Waals surface area contributed by atoms with Gasteiger partial charge in [0.05, 0.1) is 0 Å². The first-order valence-corrected chi connectivity index (χ1v) is 8.57. The number of likely N-dealkylation sites (N-methyl/N-ethyl adjacent to an activating group) is 1. The lowest BCUT2D eigenvalue weighted by Gasteiger charge is -2.48. The lowest BCUT2D eigenvalue weighted by atomic mass is 9.75. The predicted octanol–water partition coefficient (Wildman–Crippen LogP) is 3.52. The van der Waals surface area contributed by atoms with Crippen molar-refractivity contribution in [3.63, 3.8) is 0 Å². The van der Waals surface area contributed by atoms with Gasteiger partial charge in [0.2, 0.25) is 0 Å². The molecule has 0 aromatic carbocycles. The zero-order chi connectivity index (χ0) is 13.8. The van der Waals surface area contributed by atoms with Gasteiger partial charge in [-0.25, -0.2) is 0 Å². The molecule has 112 valence electrons. The number of rotatable bonds is 4. The topological polar surface area (TPSA) is 15.3 Å². The second-order valence-corrected chi connectivity index (χ2v) is 7.21. The second kappa shape index (κ2) is 7.08. The third-order valence-electron chi connectivity index (χ3n) is 5.56. The van der Waals surface area contributed by atoms with Crippen LogP contribution in [0.25, 0.3) is 0 Å². The van der Waals surface area contributed by atoms with Crippen LogP contribution in [0.4, 0.5) is 0 Å². The zero-order valence-corrected chi connectivity index (χ0v) is 13.5. The number of nitrogens with one attached hydrogen (secondary N) is 1. The van der Waals surface area contributed by atoms with Crippen molar-refractivity contribution in [3.8, 4) is 0 Å². The van der Waals surface area contributed by atoms with Crippen molar-refractivity contribution >= 4 is 0 Å². The quantitative estimate of drug-likeness (QED) is 0.837. The molecule has 1 N–H and O–H groups in total. The molecule has 0 bridgehead atoms. The minimum absolute atomic E-state index is 0.710. The summed E-state index contributed by atoms with van der Waals surface area (Å²) in [5.41, 5.74) is 0. The first-order valence-electron chi connectivity index (χ1n) is 8.57. The molecule has 0 radical (unpaired) electrons. The molecule has 0 aromatic heterocycles. The molecule has 0 spiro atoms. The fraction of sp³-hybridized carbons (Fsp3) is 1.00. The van der Waals surface area contributed by atoms with Crippen LogP contribution in [0.15, 0.2) is 0 Å². The van der Waals surface area contributed by atoms with E-state index in [0.29, 0.717) is 6.04 Å². The maximum Gasteiger partial charge on any atom is 0.0274 e. The van der Waals surface area contributed by atoms with Crippen molar-refractivity contribution in [1.82, 2.24) is 10.2 Å². The number of piperidine rings is 1. The molecule has 2 rings (SSSR count). The largest absolute Gasteiger partial charge is 0.315 e. The summed E-state index contributed by atoms with van der Waals surface area (Å²) >= 11 is 0. The molecule has 1 aliphatic carbocycles. The minimum Gasteiger partial charge on any atom is -0.315 e. The van der Waals surface area contributed by atoms with Crippen molar-refractivity contribution in [2.75, 3.05) is 20.1 Å². The summed E-state index contributed by atoms with van der Waals surface area (Å²) in [4.78, 5) is 2.81. The Kier molecular flexibility index (Phi) is 5.70. The van der Waals surface area contributed by atoms with E-state index >= 15 is 0 Å². The molecule has 1 heterocycles. The summed E-state index contributed by atoms with van der Waals surface area (Å²) in [7, 11) is 2.16. The monoisotopic (exact) mass is 266 g/mol. The number of likely N-dealkylation sites (tertiary alicyclic amines) is 1. The Bertz CT molecular complexity index is 258. The molecule has 2 heteroatoms. The van der Waals surface area contributed by atoms with Gasteiger partial charge in [0, 0.05) is 12.1 Å². The molecule has 4 unspecified atom stereocenters. The van der Waals surface area contributed by atoms with Crippen LogP contribution in [0.2, 0.25) is 0 Å². The number of hydrogen-bond donors (Lipinski definition) is 1. The number of nitrogens with zero attached hydrogens (tertiary/aromatic N) is 1. The molecule has 1 saturated heterocycles. The Hall–Kier alpha value is -0.0800. The van der Waals surface area contributed by atoms with E-state index in [2.05, 4.69) is 38.0 Å². The van der Waals surface area contributed by atoms with Crippen LogP contribution >= 0.6 is 0 Å². The highest BCUT2D eigenvalue weighted by Crippen LogP contribution is 2.34. The Morgan fingerprint density at radius 2 is 1.79 bits per heavy atom. The molecule has 1 aliphatic heterocycles. The van der Waals surface area contributed by atoms with Gasteiger partial charge in [-0.1, -0.05) is 33.6 Å². The van der Waals surface area contributed by atoms with E-state index in [9.17, 15) is 0 Å². The summed E-state index contributed by atoms with van der Waals surface area (Å²) in [5.74, 6) is 2.75. The van der Waals surface area contributed by atoms with Crippen molar-refractivity contribution in [2.45, 2.75) is 71.4 Å². The van der Waals surface area contributed by atoms with Gasteiger partial charge in [0.15, 0.2) is 0 Å². The van der Waals surface area contributed by atoms with Gasteiger partial charge in [0.1, 0.15) is 0 Å². The standard InChI is InChI=1S/C17H34N2/c1-5-6-15-7-9-19(10-8-15)17-14(3)11-13(2)12-16(17)18-4/h13-18H,5-12H2,1-4H3. The molecule has 4 atom stereocenters. The van der Waals surface area contributed by atoms with Gasteiger partial charge < -0.3 is 5.32 Å². The van der Waals surface area contributed by atoms with Gasteiger partial charge in [-0.05, 0) is 63.6 Å². The Morgan fingerprint density at radius 1 is 1.11 bits per heavy atom. The highest BCUT2D eigenvalue weighted by atomic mass is 15.2. The van der Waals surface area contributed by atoms with Crippen LogP contribution in [-0.2, 0) is 0 Å². The van der Waals surface area contributed by atoms with Crippen molar-refractivity contribution in [2.24, 2.45) is 17.8 Å². The van der Waals surface area contributed by atoms with Gasteiger partial charge in [-0.3, -0.25) is 4.90 Å². The van der Waals surface area contributed by atoms with Gasteiger partial charge in [-0.15, -0.1) is 0 Å². The third kappa shape index (κ3) is 3.72. The van der Waals surface area contributed by atoms with E-state index in [-0.39, 0.29) is 0 Å². The van der Waals surface area contributed by atoms with Crippen molar-refractivity contribution < 1.29 is 0 Å². The zero-order valence-electron chi connectivity index (χ0n) is 13.5. The van der Waals surface area contributed by atoms with Crippen LogP contribution in [0.5, 0.6) is 0 Å². The molecule has 1 saturated carbocycles. The molecule has 2 fully saturated rings. The Morgan fingerprint density at radius 3 is 2.37 bits per heavy atom. The Balaban J connectivity index is 1.92. The molecule has 2 aliphatic rings. The fourth-order valence-electron chi connectivity index (χ4n) is 4.69. The van der Waals surface area contributed by atoms with E-state index in [4.69, 9.17) is 0 Å². The maximum absolute atomic E-state index is 3.61. The van der Waals surface area contributed by atoms with E-state index in [0.717, 1.165) is 23.8 Å². The van der Waals surface area contributed by atoms with Gasteiger partial charge >= 0.3 is 0 Å². The SMILES string of the molecule is CCCC1CCN(C2C(C)CC(C)CC2NC)CC1. The summed E-state index contributed by atoms with van der Waals surface area (Å²) < 4.78 is 0. The molecular formula is C17H34N2. The summed E-state index contributed by atoms with van der Waals surface area (Å²) in [5, 5.41) is 3.61. The lowest BCUT2D eigenvalue weighted by molar-refractivity contribution is 0.0374. The summed E-state index contributed by atoms with van der Waals surface area (Å²) in [6, 6.07) is 1.49. The average Bonchev–Trinajstić information content (AvgIpc) is 2.39. The molecular weight excluding hydrogens is 232 g/mol. The summed E-state index contributed by atoms with van der Waals surface area (Å²) in [6.07, 6.45) is 8.45. The van der Waals surface area contributed by atoms with Gasteiger partial charge in [0.25, 0.3) is 0 Å². The van der Waals surface area contributed by atoms with Gasteiger partial charge in [-0.2, -0.15) is 0 Å². The van der Waals surface area contributed by atoms with Crippen molar-refractivity contribution in [1.29, 1.82) is 0 Å². The highest BCUT2D eigenvalue weighted by Gasteiger charge is 2.37. The highest BCUT2D eigenvalue weighted by molar-refractivity contribution is 4.94. The van der Waals surface area contributed by atoms with Crippen LogP contribution in [0.1, 0.15) is 59.3 Å². The van der Waals surface area contributed by atoms with E-state index in [1.54, 1.807) is 0 Å². The smallest absolute Gasteiger partial charge is 0.0274 e. The number of hydrogen-bond acceptors (Lipinski definition) is 2. The first kappa shape index (κ1) is 15.3. The second-order valence-electron chi connectivity index (χ2n) is 7.21. The summed E-state index contributed by atoms with van der Waals surface area (Å²) in [6.45, 7) is 9.90. The van der Waals surface area contributed by atoms with Crippen LogP contribution in [0.3, 0.4) is 0 Å². The molecule has 2 nitrogen and oxygen atoms in total. The van der Waals surface area contributed by atoms with Crippen LogP contribution < -0.4 is 5.32 Å². The molecule has 0 aromatic rings. The molecule has 0 amide bonds. The Labute approximate surface area is 120 Å². The van der Waals surface area contributed by atoms with E-state index in [1.807, 2.05) is 0 Å². The van der Waals surface area contributed by atoms with Crippen LogP contribution in [-0.4, -0.2) is 37.1 Å². The van der Waals surface area contributed by atoms with E-state index < -0.39 is 0 Å². The van der Waals surface area contributed by atoms with Crippen molar-refractivity contribution in [3.05, 3.63) is 0 Å². The predicted molar refractivity (Wildman–Crippen MR) is 83.4 cm³/mol. The minimum atomic E-state index is 0.710. The first-order chi connectivity index (χ1) is 9.15.